The van der Waals surface area contributed by atoms with Gasteiger partial charge in [0.2, 0.25) is 0 Å². The van der Waals surface area contributed by atoms with Gasteiger partial charge in [0.1, 0.15) is 11.6 Å². The van der Waals surface area contributed by atoms with E-state index < -0.39 is 0 Å². The van der Waals surface area contributed by atoms with E-state index in [1.54, 1.807) is 0 Å². The maximum absolute atomic E-state index is 4.22. The van der Waals surface area contributed by atoms with Gasteiger partial charge in [0.05, 0.1) is 6.54 Å². The van der Waals surface area contributed by atoms with Crippen molar-refractivity contribution >= 4 is 0 Å². The molecule has 1 aromatic rings. The van der Waals surface area contributed by atoms with E-state index in [1.807, 2.05) is 14.0 Å². The Morgan fingerprint density at radius 2 is 2.00 bits per heavy atom. The van der Waals surface area contributed by atoms with Crippen molar-refractivity contribution in [3.05, 3.63) is 11.6 Å². The molecule has 0 aromatic carbocycles. The summed E-state index contributed by atoms with van der Waals surface area (Å²) in [5.74, 6) is 2.89. The molecule has 18 heavy (non-hydrogen) atoms. The van der Waals surface area contributed by atoms with Crippen LogP contribution in [-0.4, -0.2) is 20.8 Å². The zero-order valence-corrected chi connectivity index (χ0v) is 11.9. The van der Waals surface area contributed by atoms with Crippen LogP contribution in [0.1, 0.15) is 57.1 Å². The van der Waals surface area contributed by atoms with Gasteiger partial charge in [-0.3, -0.25) is 0 Å². The second-order valence-corrected chi connectivity index (χ2v) is 5.52. The molecule has 1 fully saturated rings. The molecule has 1 N–H and O–H groups in total. The Labute approximate surface area is 110 Å². The molecular weight excluding hydrogens is 224 g/mol. The zero-order chi connectivity index (χ0) is 13.0. The average molecular weight is 250 g/mol. The molecule has 4 heteroatoms. The average Bonchev–Trinajstić information content (AvgIpc) is 2.72. The number of nitrogens with zero attached hydrogens (tertiary/aromatic N) is 3. The monoisotopic (exact) mass is 250 g/mol. The van der Waals surface area contributed by atoms with Crippen LogP contribution >= 0.6 is 0 Å². The molecule has 1 saturated carbocycles. The topological polar surface area (TPSA) is 42.7 Å². The lowest BCUT2D eigenvalue weighted by molar-refractivity contribution is 0.260. The second-order valence-electron chi connectivity index (χ2n) is 5.52. The quantitative estimate of drug-likeness (QED) is 0.873. The molecule has 1 heterocycles. The molecule has 1 unspecified atom stereocenters. The zero-order valence-electron chi connectivity index (χ0n) is 11.9. The third-order valence-corrected chi connectivity index (χ3v) is 4.36. The van der Waals surface area contributed by atoms with Gasteiger partial charge in [-0.2, -0.15) is 0 Å². The summed E-state index contributed by atoms with van der Waals surface area (Å²) < 4.78 is 2.07. The summed E-state index contributed by atoms with van der Waals surface area (Å²) >= 11 is 0. The summed E-state index contributed by atoms with van der Waals surface area (Å²) in [5.41, 5.74) is 0. The Morgan fingerprint density at radius 3 is 2.56 bits per heavy atom. The van der Waals surface area contributed by atoms with Crippen LogP contribution in [0.2, 0.25) is 0 Å². The van der Waals surface area contributed by atoms with Crippen molar-refractivity contribution in [2.75, 3.05) is 0 Å². The first-order valence-electron chi connectivity index (χ1n) is 7.30. The van der Waals surface area contributed by atoms with Crippen LogP contribution in [-0.2, 0) is 13.6 Å². The smallest absolute Gasteiger partial charge is 0.146 e. The van der Waals surface area contributed by atoms with Crippen LogP contribution in [0.3, 0.4) is 0 Å². The minimum atomic E-state index is 0.641. The van der Waals surface area contributed by atoms with Crippen LogP contribution in [0.25, 0.3) is 0 Å². The van der Waals surface area contributed by atoms with Crippen LogP contribution < -0.4 is 5.32 Å². The van der Waals surface area contributed by atoms with E-state index in [-0.39, 0.29) is 0 Å². The Morgan fingerprint density at radius 1 is 1.28 bits per heavy atom. The largest absolute Gasteiger partial charge is 0.317 e. The van der Waals surface area contributed by atoms with Crippen molar-refractivity contribution < 1.29 is 0 Å². The van der Waals surface area contributed by atoms with E-state index in [2.05, 4.69) is 27.0 Å². The molecule has 102 valence electrons. The van der Waals surface area contributed by atoms with Gasteiger partial charge in [-0.15, -0.1) is 10.2 Å². The second kappa shape index (κ2) is 6.32. The number of hydrogen-bond acceptors (Lipinski definition) is 3. The van der Waals surface area contributed by atoms with Gasteiger partial charge in [-0.05, 0) is 32.1 Å². The Hall–Kier alpha value is -0.900. The van der Waals surface area contributed by atoms with Crippen LogP contribution in [0.5, 0.6) is 0 Å². The fourth-order valence-electron chi connectivity index (χ4n) is 3.01. The Kier molecular flexibility index (Phi) is 4.75. The number of hydrogen-bond donors (Lipinski definition) is 1. The summed E-state index contributed by atoms with van der Waals surface area (Å²) in [6.45, 7) is 5.12. The summed E-state index contributed by atoms with van der Waals surface area (Å²) in [6.07, 6.45) is 8.24. The first kappa shape index (κ1) is 13.5. The summed E-state index contributed by atoms with van der Waals surface area (Å²) in [6, 6.07) is 0.641. The van der Waals surface area contributed by atoms with E-state index in [0.29, 0.717) is 6.04 Å². The molecule has 2 rings (SSSR count). The van der Waals surface area contributed by atoms with Crippen molar-refractivity contribution in [2.45, 2.75) is 65.0 Å². The predicted molar refractivity (Wildman–Crippen MR) is 73.2 cm³/mol. The lowest BCUT2D eigenvalue weighted by atomic mass is 9.83. The third-order valence-electron chi connectivity index (χ3n) is 4.36. The SMILES string of the molecule is CCC(NCc1nnc(C)n1C)C1CCCCC1. The van der Waals surface area contributed by atoms with Gasteiger partial charge in [-0.25, -0.2) is 0 Å². The van der Waals surface area contributed by atoms with Gasteiger partial charge < -0.3 is 9.88 Å². The first-order valence-corrected chi connectivity index (χ1v) is 7.30. The number of aryl methyl sites for hydroxylation is 1. The third kappa shape index (κ3) is 3.10. The molecule has 0 bridgehead atoms. The summed E-state index contributed by atoms with van der Waals surface area (Å²) in [7, 11) is 2.04. The maximum Gasteiger partial charge on any atom is 0.146 e. The van der Waals surface area contributed by atoms with Gasteiger partial charge in [0.15, 0.2) is 0 Å². The van der Waals surface area contributed by atoms with Gasteiger partial charge >= 0.3 is 0 Å². The predicted octanol–water partition coefficient (Wildman–Crippen LogP) is 2.57. The molecule has 0 spiro atoms. The van der Waals surface area contributed by atoms with Crippen LogP contribution in [0, 0.1) is 12.8 Å². The van der Waals surface area contributed by atoms with Crippen molar-refractivity contribution in [3.8, 4) is 0 Å². The van der Waals surface area contributed by atoms with Crippen LogP contribution in [0.4, 0.5) is 0 Å². The Balaban J connectivity index is 1.88. The van der Waals surface area contributed by atoms with E-state index in [1.165, 1.54) is 38.5 Å². The molecule has 0 saturated heterocycles. The molecule has 0 amide bonds. The molecule has 1 aliphatic rings. The molecule has 1 aliphatic carbocycles. The summed E-state index contributed by atoms with van der Waals surface area (Å²) in [4.78, 5) is 0. The maximum atomic E-state index is 4.22. The molecule has 4 nitrogen and oxygen atoms in total. The van der Waals surface area contributed by atoms with E-state index in [0.717, 1.165) is 24.1 Å². The van der Waals surface area contributed by atoms with E-state index in [4.69, 9.17) is 0 Å². The van der Waals surface area contributed by atoms with Crippen molar-refractivity contribution in [3.63, 3.8) is 0 Å². The van der Waals surface area contributed by atoms with E-state index in [9.17, 15) is 0 Å². The highest BCUT2D eigenvalue weighted by Gasteiger charge is 2.22. The van der Waals surface area contributed by atoms with Crippen molar-refractivity contribution in [1.82, 2.24) is 20.1 Å². The van der Waals surface area contributed by atoms with E-state index >= 15 is 0 Å². The first-order chi connectivity index (χ1) is 8.72. The number of nitrogens with one attached hydrogen (secondary N) is 1. The minimum absolute atomic E-state index is 0.641. The number of rotatable bonds is 5. The molecular formula is C14H26N4. The fraction of sp³-hybridized carbons (Fsp3) is 0.857. The lowest BCUT2D eigenvalue weighted by Crippen LogP contribution is -2.36. The van der Waals surface area contributed by atoms with Gasteiger partial charge in [-0.1, -0.05) is 26.2 Å². The standard InChI is InChI=1S/C14H26N4/c1-4-13(12-8-6-5-7-9-12)15-10-14-17-16-11(2)18(14)3/h12-13,15H,4-10H2,1-3H3. The normalized spacial score (nSPS) is 19.1. The molecule has 0 aliphatic heterocycles. The minimum Gasteiger partial charge on any atom is -0.317 e. The molecule has 0 radical (unpaired) electrons. The highest BCUT2D eigenvalue weighted by Crippen LogP contribution is 2.27. The van der Waals surface area contributed by atoms with Gasteiger partial charge in [0.25, 0.3) is 0 Å². The molecule has 1 aromatic heterocycles. The Bertz CT molecular complexity index is 366. The highest BCUT2D eigenvalue weighted by atomic mass is 15.3. The number of aromatic nitrogens is 3. The van der Waals surface area contributed by atoms with Crippen LogP contribution in [0.15, 0.2) is 0 Å². The fourth-order valence-corrected chi connectivity index (χ4v) is 3.01. The van der Waals surface area contributed by atoms with Gasteiger partial charge in [0, 0.05) is 13.1 Å². The van der Waals surface area contributed by atoms with Crippen molar-refractivity contribution in [2.24, 2.45) is 13.0 Å². The molecule has 1 atom stereocenters. The van der Waals surface area contributed by atoms with Crippen molar-refractivity contribution in [1.29, 1.82) is 0 Å². The highest BCUT2D eigenvalue weighted by molar-refractivity contribution is 4.93. The summed E-state index contributed by atoms with van der Waals surface area (Å²) in [5, 5.41) is 12.0. The lowest BCUT2D eigenvalue weighted by Gasteiger charge is -2.30.